The van der Waals surface area contributed by atoms with Crippen LogP contribution in [-0.4, -0.2) is 38.5 Å². The lowest BCUT2D eigenvalue weighted by molar-refractivity contribution is 0.0324. The number of aliphatic hydroxyl groups is 1. The van der Waals surface area contributed by atoms with Gasteiger partial charge in [0.1, 0.15) is 11.6 Å². The van der Waals surface area contributed by atoms with E-state index in [0.717, 1.165) is 17.0 Å². The molecule has 0 heterocycles. The summed E-state index contributed by atoms with van der Waals surface area (Å²) >= 11 is 0. The Bertz CT molecular complexity index is 586. The molecule has 0 fully saturated rings. The van der Waals surface area contributed by atoms with Crippen molar-refractivity contribution in [3.05, 3.63) is 59.9 Å². The van der Waals surface area contributed by atoms with Gasteiger partial charge in [0.15, 0.2) is 0 Å². The van der Waals surface area contributed by atoms with Gasteiger partial charge < -0.3 is 19.5 Å². The molecule has 1 N–H and O–H groups in total. The van der Waals surface area contributed by atoms with Crippen molar-refractivity contribution in [1.29, 1.82) is 0 Å². The average molecular weight is 319 g/mol. The number of ether oxygens (including phenoxy) is 2. The quantitative estimate of drug-likeness (QED) is 0.812. The largest absolute Gasteiger partial charge is 0.497 e. The van der Waals surface area contributed by atoms with Gasteiger partial charge in [-0.3, -0.25) is 0 Å². The third-order valence-corrected chi connectivity index (χ3v) is 3.49. The summed E-state index contributed by atoms with van der Waals surface area (Å²) in [6.45, 7) is 1.08. The predicted octanol–water partition coefficient (Wildman–Crippen LogP) is 2.85. The van der Waals surface area contributed by atoms with E-state index in [1.54, 1.807) is 19.2 Å². The minimum absolute atomic E-state index is 0.234. The Morgan fingerprint density at radius 2 is 1.74 bits per heavy atom. The van der Waals surface area contributed by atoms with Crippen molar-refractivity contribution >= 4 is 5.69 Å². The summed E-state index contributed by atoms with van der Waals surface area (Å²) in [6.07, 6.45) is -0.622. The number of hydrogen-bond acceptors (Lipinski definition) is 4. The fraction of sp³-hybridized carbons (Fsp3) is 0.333. The maximum Gasteiger partial charge on any atom is 0.123 e. The molecule has 0 aliphatic rings. The van der Waals surface area contributed by atoms with Crippen molar-refractivity contribution in [2.24, 2.45) is 0 Å². The molecule has 0 aromatic heterocycles. The highest BCUT2D eigenvalue weighted by molar-refractivity contribution is 5.45. The van der Waals surface area contributed by atoms with Crippen LogP contribution in [0.25, 0.3) is 0 Å². The first kappa shape index (κ1) is 17.2. The molecule has 124 valence electrons. The lowest BCUT2D eigenvalue weighted by Crippen LogP contribution is -2.32. The van der Waals surface area contributed by atoms with Crippen LogP contribution in [-0.2, 0) is 11.3 Å². The van der Waals surface area contributed by atoms with Gasteiger partial charge >= 0.3 is 0 Å². The first-order valence-electron chi connectivity index (χ1n) is 7.44. The number of methoxy groups -OCH3 is 1. The number of halogens is 1. The summed E-state index contributed by atoms with van der Waals surface area (Å²) in [4.78, 5) is 1.86. The topological polar surface area (TPSA) is 41.9 Å². The van der Waals surface area contributed by atoms with Crippen LogP contribution in [0.3, 0.4) is 0 Å². The third kappa shape index (κ3) is 5.54. The highest BCUT2D eigenvalue weighted by atomic mass is 19.1. The summed E-state index contributed by atoms with van der Waals surface area (Å²) in [7, 11) is 3.47. The van der Waals surface area contributed by atoms with Gasteiger partial charge in [-0.25, -0.2) is 4.39 Å². The van der Waals surface area contributed by atoms with E-state index in [9.17, 15) is 9.50 Å². The van der Waals surface area contributed by atoms with Crippen LogP contribution >= 0.6 is 0 Å². The van der Waals surface area contributed by atoms with Gasteiger partial charge in [-0.15, -0.1) is 0 Å². The zero-order valence-electron chi connectivity index (χ0n) is 13.4. The van der Waals surface area contributed by atoms with E-state index in [1.807, 2.05) is 36.2 Å². The van der Waals surface area contributed by atoms with Crippen LogP contribution in [0.5, 0.6) is 5.75 Å². The number of aliphatic hydroxyl groups excluding tert-OH is 1. The zero-order chi connectivity index (χ0) is 16.7. The second-order valence-corrected chi connectivity index (χ2v) is 5.37. The molecule has 0 aliphatic carbocycles. The Morgan fingerprint density at radius 3 is 2.35 bits per heavy atom. The SMILES string of the molecule is COc1ccc(COC[C@H](O)CN(C)c2ccc(F)cc2)cc1. The number of likely N-dealkylation sites (N-methyl/N-ethyl adjacent to an activating group) is 1. The number of benzene rings is 2. The standard InChI is InChI=1S/C18H22FNO3/c1-20(16-7-5-15(19)6-8-16)11-17(21)13-23-12-14-3-9-18(22-2)10-4-14/h3-10,17,21H,11-13H2,1-2H3/t17-/m1/s1. The maximum atomic E-state index is 12.9. The van der Waals surface area contributed by atoms with Gasteiger partial charge in [-0.1, -0.05) is 12.1 Å². The maximum absolute atomic E-state index is 12.9. The van der Waals surface area contributed by atoms with Crippen LogP contribution in [0.1, 0.15) is 5.56 Å². The van der Waals surface area contributed by atoms with Crippen molar-refractivity contribution in [3.8, 4) is 5.75 Å². The molecule has 0 radical (unpaired) electrons. The molecular weight excluding hydrogens is 297 g/mol. The van der Waals surface area contributed by atoms with E-state index in [-0.39, 0.29) is 12.4 Å². The normalized spacial score (nSPS) is 12.0. The van der Waals surface area contributed by atoms with Gasteiger partial charge in [-0.2, -0.15) is 0 Å². The van der Waals surface area contributed by atoms with Crippen molar-refractivity contribution in [3.63, 3.8) is 0 Å². The van der Waals surface area contributed by atoms with Crippen LogP contribution in [0.15, 0.2) is 48.5 Å². The Kier molecular flexibility index (Phi) is 6.38. The predicted molar refractivity (Wildman–Crippen MR) is 88.3 cm³/mol. The minimum Gasteiger partial charge on any atom is -0.497 e. The summed E-state index contributed by atoms with van der Waals surface area (Å²) < 4.78 is 23.5. The summed E-state index contributed by atoms with van der Waals surface area (Å²) in [5, 5.41) is 10.0. The van der Waals surface area contributed by atoms with E-state index >= 15 is 0 Å². The second kappa shape index (κ2) is 8.50. The third-order valence-electron chi connectivity index (χ3n) is 3.49. The van der Waals surface area contributed by atoms with Crippen molar-refractivity contribution in [1.82, 2.24) is 0 Å². The molecule has 1 atom stereocenters. The van der Waals surface area contributed by atoms with Crippen molar-refractivity contribution in [2.75, 3.05) is 32.2 Å². The Labute approximate surface area is 136 Å². The summed E-state index contributed by atoms with van der Waals surface area (Å²) in [5.41, 5.74) is 1.87. The molecular formula is C18H22FNO3. The molecule has 5 heteroatoms. The highest BCUT2D eigenvalue weighted by Crippen LogP contribution is 2.14. The lowest BCUT2D eigenvalue weighted by Gasteiger charge is -2.22. The summed E-state index contributed by atoms with van der Waals surface area (Å²) in [5.74, 6) is 0.528. The van der Waals surface area contributed by atoms with E-state index in [1.165, 1.54) is 12.1 Å². The molecule has 0 unspecified atom stereocenters. The fourth-order valence-corrected chi connectivity index (χ4v) is 2.20. The van der Waals surface area contributed by atoms with Crippen LogP contribution < -0.4 is 9.64 Å². The van der Waals surface area contributed by atoms with E-state index < -0.39 is 6.10 Å². The van der Waals surface area contributed by atoms with E-state index in [2.05, 4.69) is 0 Å². The molecule has 0 saturated carbocycles. The molecule has 23 heavy (non-hydrogen) atoms. The summed E-state index contributed by atoms with van der Waals surface area (Å²) in [6, 6.07) is 13.8. The minimum atomic E-state index is -0.622. The zero-order valence-corrected chi connectivity index (χ0v) is 13.4. The molecule has 2 rings (SSSR count). The van der Waals surface area contributed by atoms with E-state index in [0.29, 0.717) is 13.2 Å². The number of nitrogens with zero attached hydrogens (tertiary/aromatic N) is 1. The number of rotatable bonds is 8. The molecule has 0 saturated heterocycles. The Balaban J connectivity index is 1.73. The molecule has 2 aromatic carbocycles. The smallest absolute Gasteiger partial charge is 0.123 e. The second-order valence-electron chi connectivity index (χ2n) is 5.37. The molecule has 0 aliphatic heterocycles. The monoisotopic (exact) mass is 319 g/mol. The van der Waals surface area contributed by atoms with Gasteiger partial charge in [-0.05, 0) is 42.0 Å². The molecule has 0 spiro atoms. The molecule has 0 bridgehead atoms. The highest BCUT2D eigenvalue weighted by Gasteiger charge is 2.09. The van der Waals surface area contributed by atoms with Gasteiger partial charge in [0, 0.05) is 19.3 Å². The van der Waals surface area contributed by atoms with Crippen LogP contribution in [0, 0.1) is 5.82 Å². The first-order chi connectivity index (χ1) is 11.1. The van der Waals surface area contributed by atoms with Gasteiger partial charge in [0.25, 0.3) is 0 Å². The number of anilines is 1. The lowest BCUT2D eigenvalue weighted by atomic mass is 10.2. The average Bonchev–Trinajstić information content (AvgIpc) is 2.56. The fourth-order valence-electron chi connectivity index (χ4n) is 2.20. The van der Waals surface area contributed by atoms with Crippen molar-refractivity contribution < 1.29 is 19.0 Å². The van der Waals surface area contributed by atoms with Crippen LogP contribution in [0.2, 0.25) is 0 Å². The molecule has 2 aromatic rings. The first-order valence-corrected chi connectivity index (χ1v) is 7.44. The van der Waals surface area contributed by atoms with Gasteiger partial charge in [0.2, 0.25) is 0 Å². The van der Waals surface area contributed by atoms with Crippen LogP contribution in [0.4, 0.5) is 10.1 Å². The number of hydrogen-bond donors (Lipinski definition) is 1. The Hall–Kier alpha value is -2.11. The van der Waals surface area contributed by atoms with E-state index in [4.69, 9.17) is 9.47 Å². The Morgan fingerprint density at radius 1 is 1.09 bits per heavy atom. The molecule has 0 amide bonds. The van der Waals surface area contributed by atoms with Gasteiger partial charge in [0.05, 0.1) is 26.4 Å². The van der Waals surface area contributed by atoms with Crippen molar-refractivity contribution in [2.45, 2.75) is 12.7 Å². The molecule has 4 nitrogen and oxygen atoms in total.